The number of aryl methyl sites for hydroxylation is 1. The maximum absolute atomic E-state index is 14.3. The van der Waals surface area contributed by atoms with Gasteiger partial charge in [-0.25, -0.2) is 4.39 Å². The first kappa shape index (κ1) is 35.5. The van der Waals surface area contributed by atoms with E-state index in [1.165, 1.54) is 50.5 Å². The van der Waals surface area contributed by atoms with Crippen molar-refractivity contribution in [3.8, 4) is 0 Å². The van der Waals surface area contributed by atoms with Crippen molar-refractivity contribution in [2.24, 2.45) is 5.92 Å². The van der Waals surface area contributed by atoms with Crippen molar-refractivity contribution in [3.63, 3.8) is 0 Å². The Morgan fingerprint density at radius 1 is 1.20 bits per heavy atom. The topological polar surface area (TPSA) is 80.8 Å². The number of rotatable bonds is 7. The summed E-state index contributed by atoms with van der Waals surface area (Å²) >= 11 is 0. The van der Waals surface area contributed by atoms with Crippen LogP contribution in [0.15, 0.2) is 48.7 Å². The lowest BCUT2D eigenvalue weighted by atomic mass is 9.79. The summed E-state index contributed by atoms with van der Waals surface area (Å²) in [6, 6.07) is 6.31. The molecule has 2 aliphatic rings. The molecule has 1 aliphatic carbocycles. The highest BCUT2D eigenvalue weighted by Crippen LogP contribution is 2.34. The molecule has 2 fully saturated rings. The van der Waals surface area contributed by atoms with Gasteiger partial charge >= 0.3 is 0 Å². The molecular weight excluding hydrogens is 521 g/mol. The standard InChI is InChI=1S/C26H30FN3O2.C3H8.C2H4O2.C2H6/c1-17(20-5-4-6-20)11-18(2)25-15-23(16-28-19(25)3)29-26(31)21-12-22(27)14-24(13-21)30-7-9-32-10-8-30;1-3-2;1-4-2-3;1-2/h11-16,20H,2,4-10H2,1,3H3,(H,29,31);3H2,1-2H3;2H,1H3;1-2H3/b17-11-;;;. The number of aromatic nitrogens is 1. The predicted molar refractivity (Wildman–Crippen MR) is 167 cm³/mol. The number of anilines is 2. The number of benzene rings is 1. The minimum Gasteiger partial charge on any atom is -0.471 e. The number of nitrogens with zero attached hydrogens (tertiary/aromatic N) is 2. The van der Waals surface area contributed by atoms with Crippen LogP contribution in [-0.2, 0) is 14.3 Å². The number of pyridine rings is 1. The number of allylic oxidation sites excluding steroid dienone is 3. The second kappa shape index (κ2) is 19.5. The maximum Gasteiger partial charge on any atom is 0.292 e. The molecule has 1 amide bonds. The third-order valence-electron chi connectivity index (χ3n) is 6.46. The highest BCUT2D eigenvalue weighted by molar-refractivity contribution is 6.05. The first-order chi connectivity index (χ1) is 19.7. The van der Waals surface area contributed by atoms with E-state index in [2.05, 4.69) is 48.5 Å². The maximum atomic E-state index is 14.3. The van der Waals surface area contributed by atoms with Crippen LogP contribution in [-0.4, -0.2) is 50.8 Å². The number of morpholine rings is 1. The molecule has 1 aliphatic heterocycles. The van der Waals surface area contributed by atoms with Crippen molar-refractivity contribution in [2.75, 3.05) is 43.6 Å². The second-order valence-corrected chi connectivity index (χ2v) is 9.69. The second-order valence-electron chi connectivity index (χ2n) is 9.69. The zero-order valence-corrected chi connectivity index (χ0v) is 25.9. The summed E-state index contributed by atoms with van der Waals surface area (Å²) < 4.78 is 23.5. The molecule has 7 nitrogen and oxygen atoms in total. The molecule has 226 valence electrons. The van der Waals surface area contributed by atoms with Gasteiger partial charge in [0.05, 0.1) is 32.2 Å². The van der Waals surface area contributed by atoms with Crippen LogP contribution in [0.5, 0.6) is 0 Å². The predicted octanol–water partition coefficient (Wildman–Crippen LogP) is 7.61. The van der Waals surface area contributed by atoms with Crippen LogP contribution in [0.1, 0.15) is 81.9 Å². The summed E-state index contributed by atoms with van der Waals surface area (Å²) in [4.78, 5) is 28.3. The van der Waals surface area contributed by atoms with Gasteiger partial charge in [0, 0.05) is 35.6 Å². The Morgan fingerprint density at radius 2 is 1.80 bits per heavy atom. The van der Waals surface area contributed by atoms with Crippen molar-refractivity contribution in [1.29, 1.82) is 0 Å². The Hall–Kier alpha value is -3.52. The smallest absolute Gasteiger partial charge is 0.292 e. The average Bonchev–Trinajstić information content (AvgIpc) is 2.94. The van der Waals surface area contributed by atoms with E-state index in [9.17, 15) is 9.18 Å². The number of hydrogen-bond donors (Lipinski definition) is 1. The molecule has 8 heteroatoms. The van der Waals surface area contributed by atoms with Crippen molar-refractivity contribution in [1.82, 2.24) is 4.98 Å². The molecule has 1 saturated carbocycles. The molecule has 0 bridgehead atoms. The van der Waals surface area contributed by atoms with Gasteiger partial charge in [-0.3, -0.25) is 14.6 Å². The van der Waals surface area contributed by atoms with Crippen molar-refractivity contribution >= 4 is 29.3 Å². The number of carbonyl (C=O) groups is 2. The molecule has 0 atom stereocenters. The number of amides is 1. The molecule has 41 heavy (non-hydrogen) atoms. The largest absolute Gasteiger partial charge is 0.471 e. The Morgan fingerprint density at radius 3 is 2.34 bits per heavy atom. The van der Waals surface area contributed by atoms with Gasteiger partial charge in [-0.1, -0.05) is 58.8 Å². The summed E-state index contributed by atoms with van der Waals surface area (Å²) in [5.74, 6) is -0.161. The van der Waals surface area contributed by atoms with Gasteiger partial charge < -0.3 is 19.7 Å². The zero-order valence-electron chi connectivity index (χ0n) is 25.9. The lowest BCUT2D eigenvalue weighted by Crippen LogP contribution is -2.36. The normalized spacial score (nSPS) is 14.4. The number of methoxy groups -OCH3 is 1. The van der Waals surface area contributed by atoms with E-state index < -0.39 is 5.82 Å². The summed E-state index contributed by atoms with van der Waals surface area (Å²) in [5, 5.41) is 2.86. The molecule has 1 aromatic carbocycles. The monoisotopic (exact) mass is 569 g/mol. The van der Waals surface area contributed by atoms with Crippen LogP contribution < -0.4 is 10.2 Å². The molecule has 1 N–H and O–H groups in total. The van der Waals surface area contributed by atoms with E-state index in [1.807, 2.05) is 31.7 Å². The van der Waals surface area contributed by atoms with Crippen LogP contribution in [0, 0.1) is 18.7 Å². The number of hydrogen-bond acceptors (Lipinski definition) is 6. The number of halogens is 1. The van der Waals surface area contributed by atoms with Crippen molar-refractivity contribution < 1.29 is 23.5 Å². The number of carbonyl (C=O) groups excluding carboxylic acids is 2. The molecule has 0 spiro atoms. The van der Waals surface area contributed by atoms with E-state index in [0.29, 0.717) is 50.1 Å². The number of nitrogens with one attached hydrogen (secondary N) is 1. The van der Waals surface area contributed by atoms with Crippen molar-refractivity contribution in [2.45, 2.75) is 67.2 Å². The fourth-order valence-electron chi connectivity index (χ4n) is 4.17. The quantitative estimate of drug-likeness (QED) is 0.273. The third kappa shape index (κ3) is 11.9. The van der Waals surface area contributed by atoms with Crippen LogP contribution in [0.3, 0.4) is 0 Å². The molecule has 1 saturated heterocycles. The van der Waals surface area contributed by atoms with Gasteiger partial charge in [0.2, 0.25) is 0 Å². The van der Waals surface area contributed by atoms with E-state index in [4.69, 9.17) is 9.53 Å². The average molecular weight is 570 g/mol. The van der Waals surface area contributed by atoms with Crippen molar-refractivity contribution in [3.05, 3.63) is 71.3 Å². The Labute approximate surface area is 245 Å². The Kier molecular flexibility index (Phi) is 16.9. The molecule has 4 rings (SSSR count). The van der Waals surface area contributed by atoms with Crippen LogP contribution in [0.25, 0.3) is 5.57 Å². The fourth-order valence-corrected chi connectivity index (χ4v) is 4.17. The van der Waals surface area contributed by atoms with Gasteiger partial charge in [-0.05, 0) is 62.4 Å². The zero-order chi connectivity index (χ0) is 30.8. The molecule has 2 aromatic rings. The summed E-state index contributed by atoms with van der Waals surface area (Å²) in [6.07, 6.45) is 8.76. The Bertz CT molecular complexity index is 1140. The first-order valence-electron chi connectivity index (χ1n) is 14.5. The Balaban J connectivity index is 0.000000830. The molecule has 2 heterocycles. The highest BCUT2D eigenvalue weighted by atomic mass is 19.1. The van der Waals surface area contributed by atoms with E-state index >= 15 is 0 Å². The van der Waals surface area contributed by atoms with Crippen LogP contribution in [0.4, 0.5) is 15.8 Å². The van der Waals surface area contributed by atoms with E-state index in [0.717, 1.165) is 16.8 Å². The fraction of sp³-hybridized carbons (Fsp3) is 0.485. The molecule has 1 aromatic heterocycles. The first-order valence-corrected chi connectivity index (χ1v) is 14.5. The lowest BCUT2D eigenvalue weighted by molar-refractivity contribution is -0.126. The summed E-state index contributed by atoms with van der Waals surface area (Å²) in [5.41, 5.74) is 5.49. The van der Waals surface area contributed by atoms with E-state index in [-0.39, 0.29) is 11.5 Å². The van der Waals surface area contributed by atoms with Crippen LogP contribution in [0.2, 0.25) is 0 Å². The van der Waals surface area contributed by atoms with Gasteiger partial charge in [-0.2, -0.15) is 0 Å². The van der Waals surface area contributed by atoms with Gasteiger partial charge in [-0.15, -0.1) is 0 Å². The lowest BCUT2D eigenvalue weighted by Gasteiger charge is -2.29. The third-order valence-corrected chi connectivity index (χ3v) is 6.46. The molecule has 0 unspecified atom stereocenters. The van der Waals surface area contributed by atoms with Crippen LogP contribution >= 0.6 is 0 Å². The summed E-state index contributed by atoms with van der Waals surface area (Å²) in [6.45, 7) is 19.5. The van der Waals surface area contributed by atoms with E-state index in [1.54, 1.807) is 12.3 Å². The minimum absolute atomic E-state index is 0.271. The highest BCUT2D eigenvalue weighted by Gasteiger charge is 2.20. The summed E-state index contributed by atoms with van der Waals surface area (Å²) in [7, 11) is 1.31. The molecule has 0 radical (unpaired) electrons. The minimum atomic E-state index is -0.438. The van der Waals surface area contributed by atoms with Gasteiger partial charge in [0.25, 0.3) is 12.4 Å². The van der Waals surface area contributed by atoms with Gasteiger partial charge in [0.15, 0.2) is 0 Å². The number of ether oxygens (including phenoxy) is 2. The van der Waals surface area contributed by atoms with Gasteiger partial charge in [0.1, 0.15) is 5.82 Å². The molecular formula is C33H48FN3O4. The SMILES string of the molecule is C=C(/C=C(/C)C1CCC1)c1cc(NC(=O)c2cc(F)cc(N3CCOCC3)c2)cnc1C.CC.CCC.COC=O.